The number of nitrogens with zero attached hydrogens (tertiary/aromatic N) is 1. The van der Waals surface area contributed by atoms with Crippen LogP contribution < -0.4 is 10.6 Å². The topological polar surface area (TPSA) is 37.0 Å². The zero-order valence-corrected chi connectivity index (χ0v) is 11.5. The quantitative estimate of drug-likeness (QED) is 0.848. The van der Waals surface area contributed by atoms with Gasteiger partial charge >= 0.3 is 0 Å². The summed E-state index contributed by atoms with van der Waals surface area (Å²) < 4.78 is 0. The molecule has 0 aliphatic rings. The predicted molar refractivity (Wildman–Crippen MR) is 82.7 cm³/mol. The highest BCUT2D eigenvalue weighted by atomic mass is 35.5. The summed E-state index contributed by atoms with van der Waals surface area (Å²) in [6, 6.07) is 7.80. The van der Waals surface area contributed by atoms with E-state index in [1.165, 1.54) is 0 Å². The molecule has 0 saturated heterocycles. The predicted octanol–water partition coefficient (Wildman–Crippen LogP) is 4.39. The van der Waals surface area contributed by atoms with Crippen LogP contribution in [0.1, 0.15) is 6.92 Å². The van der Waals surface area contributed by atoms with Crippen molar-refractivity contribution in [3.63, 3.8) is 0 Å². The summed E-state index contributed by atoms with van der Waals surface area (Å²) in [5.74, 6) is 0. The van der Waals surface area contributed by atoms with Gasteiger partial charge in [-0.1, -0.05) is 24.2 Å². The van der Waals surface area contributed by atoms with E-state index in [-0.39, 0.29) is 0 Å². The molecule has 2 rings (SSSR count). The first-order chi connectivity index (χ1) is 9.26. The van der Waals surface area contributed by atoms with Gasteiger partial charge in [0.25, 0.3) is 0 Å². The molecular formula is C15H16ClN3. The van der Waals surface area contributed by atoms with Gasteiger partial charge < -0.3 is 10.6 Å². The summed E-state index contributed by atoms with van der Waals surface area (Å²) in [7, 11) is 0. The largest absolute Gasteiger partial charge is 0.384 e. The lowest BCUT2D eigenvalue weighted by molar-refractivity contribution is 1.21. The number of benzene rings is 1. The van der Waals surface area contributed by atoms with Gasteiger partial charge in [0, 0.05) is 30.1 Å². The molecule has 0 atom stereocenters. The molecule has 19 heavy (non-hydrogen) atoms. The van der Waals surface area contributed by atoms with Gasteiger partial charge in [-0.3, -0.25) is 4.98 Å². The van der Waals surface area contributed by atoms with Crippen LogP contribution in [-0.2, 0) is 0 Å². The van der Waals surface area contributed by atoms with Crippen LogP contribution in [0.4, 0.5) is 11.4 Å². The van der Waals surface area contributed by atoms with Gasteiger partial charge in [0.05, 0.1) is 16.4 Å². The average Bonchev–Trinajstić information content (AvgIpc) is 2.43. The molecule has 0 bridgehead atoms. The van der Waals surface area contributed by atoms with Crippen LogP contribution in [0.25, 0.3) is 11.1 Å². The van der Waals surface area contributed by atoms with E-state index >= 15 is 0 Å². The molecule has 4 heteroatoms. The van der Waals surface area contributed by atoms with E-state index in [2.05, 4.69) is 29.1 Å². The summed E-state index contributed by atoms with van der Waals surface area (Å²) in [4.78, 5) is 4.13. The highest BCUT2D eigenvalue weighted by Crippen LogP contribution is 2.35. The molecule has 0 spiro atoms. The van der Waals surface area contributed by atoms with Gasteiger partial charge in [0.2, 0.25) is 0 Å². The van der Waals surface area contributed by atoms with Crippen LogP contribution in [0.5, 0.6) is 0 Å². The number of anilines is 2. The molecule has 1 aromatic carbocycles. The van der Waals surface area contributed by atoms with Crippen LogP contribution >= 0.6 is 11.6 Å². The molecule has 0 fully saturated rings. The van der Waals surface area contributed by atoms with Crippen LogP contribution in [0.3, 0.4) is 0 Å². The van der Waals surface area contributed by atoms with Gasteiger partial charge in [0.15, 0.2) is 0 Å². The molecule has 2 aromatic rings. The van der Waals surface area contributed by atoms with Crippen molar-refractivity contribution in [1.82, 2.24) is 4.98 Å². The van der Waals surface area contributed by atoms with E-state index in [0.717, 1.165) is 29.0 Å². The number of nitrogens with one attached hydrogen (secondary N) is 2. The highest BCUT2D eigenvalue weighted by Gasteiger charge is 2.09. The van der Waals surface area contributed by atoms with Crippen molar-refractivity contribution in [3.05, 3.63) is 54.5 Å². The fourth-order valence-corrected chi connectivity index (χ4v) is 2.16. The maximum absolute atomic E-state index is 6.34. The van der Waals surface area contributed by atoms with E-state index in [4.69, 9.17) is 11.6 Å². The maximum atomic E-state index is 6.34. The molecule has 2 N–H and O–H groups in total. The Bertz CT molecular complexity index is 567. The van der Waals surface area contributed by atoms with Crippen molar-refractivity contribution >= 4 is 23.0 Å². The van der Waals surface area contributed by atoms with Gasteiger partial charge in [-0.05, 0) is 31.3 Å². The minimum atomic E-state index is 0.680. The molecule has 0 amide bonds. The molecule has 3 nitrogen and oxygen atoms in total. The zero-order chi connectivity index (χ0) is 13.7. The van der Waals surface area contributed by atoms with Gasteiger partial charge in [-0.15, -0.1) is 0 Å². The van der Waals surface area contributed by atoms with Crippen molar-refractivity contribution < 1.29 is 0 Å². The Hall–Kier alpha value is -2.00. The summed E-state index contributed by atoms with van der Waals surface area (Å²) in [6.45, 7) is 6.56. The Morgan fingerprint density at radius 1 is 1.37 bits per heavy atom. The second kappa shape index (κ2) is 6.25. The molecule has 0 aliphatic carbocycles. The van der Waals surface area contributed by atoms with Gasteiger partial charge in [-0.25, -0.2) is 0 Å². The Morgan fingerprint density at radius 3 is 2.84 bits per heavy atom. The Labute approximate surface area is 118 Å². The SMILES string of the molecule is C=CNc1cc(Cl)c(-c2cccnc2)cc1NCC. The van der Waals surface area contributed by atoms with E-state index in [1.54, 1.807) is 18.6 Å². The first-order valence-electron chi connectivity index (χ1n) is 6.11. The van der Waals surface area contributed by atoms with Crippen molar-refractivity contribution in [2.24, 2.45) is 0 Å². The average molecular weight is 274 g/mol. The smallest absolute Gasteiger partial charge is 0.0630 e. The molecule has 1 aromatic heterocycles. The Kier molecular flexibility index (Phi) is 4.42. The van der Waals surface area contributed by atoms with Crippen LogP contribution in [-0.4, -0.2) is 11.5 Å². The maximum Gasteiger partial charge on any atom is 0.0630 e. The van der Waals surface area contributed by atoms with Crippen LogP contribution in [0.15, 0.2) is 49.4 Å². The highest BCUT2D eigenvalue weighted by molar-refractivity contribution is 6.33. The molecule has 0 radical (unpaired) electrons. The molecular weight excluding hydrogens is 258 g/mol. The van der Waals surface area contributed by atoms with Crippen LogP contribution in [0, 0.1) is 0 Å². The summed E-state index contributed by atoms with van der Waals surface area (Å²) in [5.41, 5.74) is 3.86. The van der Waals surface area contributed by atoms with E-state index in [9.17, 15) is 0 Å². The minimum Gasteiger partial charge on any atom is -0.384 e. The normalized spacial score (nSPS) is 10.0. The first-order valence-corrected chi connectivity index (χ1v) is 6.49. The fourth-order valence-electron chi connectivity index (χ4n) is 1.88. The van der Waals surface area contributed by atoms with Crippen molar-refractivity contribution in [2.75, 3.05) is 17.2 Å². The van der Waals surface area contributed by atoms with E-state index in [1.807, 2.05) is 24.3 Å². The van der Waals surface area contributed by atoms with Gasteiger partial charge in [-0.2, -0.15) is 0 Å². The summed E-state index contributed by atoms with van der Waals surface area (Å²) in [5, 5.41) is 7.07. The zero-order valence-electron chi connectivity index (χ0n) is 10.8. The third-order valence-electron chi connectivity index (χ3n) is 2.70. The number of pyridine rings is 1. The second-order valence-electron chi connectivity index (χ2n) is 4.00. The van der Waals surface area contributed by atoms with E-state index < -0.39 is 0 Å². The van der Waals surface area contributed by atoms with Crippen molar-refractivity contribution in [1.29, 1.82) is 0 Å². The summed E-state index contributed by atoms with van der Waals surface area (Å²) >= 11 is 6.34. The molecule has 0 saturated carbocycles. The molecule has 98 valence electrons. The number of hydrogen-bond donors (Lipinski definition) is 2. The summed E-state index contributed by atoms with van der Waals surface area (Å²) in [6.07, 6.45) is 5.18. The second-order valence-corrected chi connectivity index (χ2v) is 4.41. The fraction of sp³-hybridized carbons (Fsp3) is 0.133. The third kappa shape index (κ3) is 3.06. The Morgan fingerprint density at radius 2 is 2.21 bits per heavy atom. The van der Waals surface area contributed by atoms with Gasteiger partial charge in [0.1, 0.15) is 0 Å². The standard InChI is InChI=1S/C15H16ClN3/c1-3-18-14-8-12(11-6-5-7-17-10-11)13(16)9-15(14)19-4-2/h4-10,18-19H,2-3H2,1H3. The molecule has 1 heterocycles. The number of rotatable bonds is 5. The third-order valence-corrected chi connectivity index (χ3v) is 3.02. The monoisotopic (exact) mass is 273 g/mol. The first kappa shape index (κ1) is 13.4. The lowest BCUT2D eigenvalue weighted by Crippen LogP contribution is -2.01. The van der Waals surface area contributed by atoms with E-state index in [0.29, 0.717) is 5.02 Å². The number of halogens is 1. The molecule has 0 unspecified atom stereocenters. The number of hydrogen-bond acceptors (Lipinski definition) is 3. The van der Waals surface area contributed by atoms with Crippen molar-refractivity contribution in [3.8, 4) is 11.1 Å². The molecule has 0 aliphatic heterocycles. The lowest BCUT2D eigenvalue weighted by Gasteiger charge is -2.14. The van der Waals surface area contributed by atoms with Crippen molar-refractivity contribution in [2.45, 2.75) is 6.92 Å². The number of aromatic nitrogens is 1. The lowest BCUT2D eigenvalue weighted by atomic mass is 10.1. The van der Waals surface area contributed by atoms with Crippen LogP contribution in [0.2, 0.25) is 5.02 Å². The minimum absolute atomic E-state index is 0.680. The Balaban J connectivity index is 2.51.